The molecule has 1 rings (SSSR count). The molecule has 5 N–H and O–H groups in total. The fourth-order valence-electron chi connectivity index (χ4n) is 2.08. The Balaban J connectivity index is 0. The summed E-state index contributed by atoms with van der Waals surface area (Å²) in [5.74, 6) is -0.706. The third-order valence-corrected chi connectivity index (χ3v) is 2.87. The molecule has 1 fully saturated rings. The van der Waals surface area contributed by atoms with Crippen LogP contribution in [0.4, 0.5) is 0 Å². The van der Waals surface area contributed by atoms with Gasteiger partial charge in [-0.3, -0.25) is 4.79 Å². The van der Waals surface area contributed by atoms with Crippen molar-refractivity contribution in [3.8, 4) is 0 Å². The van der Waals surface area contributed by atoms with E-state index in [2.05, 4.69) is 0 Å². The Labute approximate surface area is 90.6 Å². The summed E-state index contributed by atoms with van der Waals surface area (Å²) in [4.78, 5) is 10.6. The average molecular weight is 226 g/mol. The highest BCUT2D eigenvalue weighted by atomic mass is 35.5. The minimum atomic E-state index is -0.706. The average Bonchev–Trinajstić information content (AvgIpc) is 2.05. The molecule has 0 atom stereocenters. The summed E-state index contributed by atoms with van der Waals surface area (Å²) in [5.41, 5.74) is 5.54. The highest BCUT2D eigenvalue weighted by Crippen LogP contribution is 2.38. The molecule has 1 saturated carbocycles. The number of carboxylic acid groups (broad SMARTS) is 1. The summed E-state index contributed by atoms with van der Waals surface area (Å²) in [6.45, 7) is 0.527. The Morgan fingerprint density at radius 1 is 1.29 bits per heavy atom. The normalized spacial score (nSPS) is 18.9. The minimum absolute atomic E-state index is 0. The molecule has 5 heteroatoms. The summed E-state index contributed by atoms with van der Waals surface area (Å²) in [5, 5.41) is 8.71. The van der Waals surface area contributed by atoms with Gasteiger partial charge in [-0.15, -0.1) is 12.4 Å². The van der Waals surface area contributed by atoms with Crippen molar-refractivity contribution in [1.82, 2.24) is 0 Å². The summed E-state index contributed by atoms with van der Waals surface area (Å²) in [7, 11) is 0. The first-order valence-electron chi connectivity index (χ1n) is 4.60. The lowest BCUT2D eigenvalue weighted by Gasteiger charge is -2.34. The summed E-state index contributed by atoms with van der Waals surface area (Å²) < 4.78 is 0. The number of hydrogen-bond donors (Lipinski definition) is 2. The van der Waals surface area contributed by atoms with Crippen molar-refractivity contribution >= 4 is 18.4 Å². The maximum absolute atomic E-state index is 10.6. The molecule has 0 amide bonds. The molecule has 0 aromatic rings. The van der Waals surface area contributed by atoms with E-state index in [4.69, 9.17) is 10.8 Å². The number of aliphatic carboxylic acids is 1. The number of carbonyl (C=O) groups is 1. The highest BCUT2D eigenvalue weighted by molar-refractivity contribution is 5.85. The van der Waals surface area contributed by atoms with Crippen LogP contribution in [0.25, 0.3) is 0 Å². The molecule has 1 aliphatic rings. The Morgan fingerprint density at radius 3 is 2.14 bits per heavy atom. The predicted molar refractivity (Wildman–Crippen MR) is 57.7 cm³/mol. The van der Waals surface area contributed by atoms with Crippen LogP contribution >= 0.6 is 12.4 Å². The van der Waals surface area contributed by atoms with E-state index in [1.165, 1.54) is 6.42 Å². The molecule has 0 saturated heterocycles. The van der Waals surface area contributed by atoms with Gasteiger partial charge in [-0.1, -0.05) is 19.3 Å². The molecule has 0 aromatic carbocycles. The molecule has 0 spiro atoms. The summed E-state index contributed by atoms with van der Waals surface area (Å²) in [6.07, 6.45) is 5.77. The van der Waals surface area contributed by atoms with Gasteiger partial charge in [0, 0.05) is 0 Å². The molecule has 0 aliphatic heterocycles. The molecule has 0 heterocycles. The van der Waals surface area contributed by atoms with E-state index < -0.39 is 5.97 Å². The van der Waals surface area contributed by atoms with Gasteiger partial charge in [0.05, 0.1) is 6.42 Å². The summed E-state index contributed by atoms with van der Waals surface area (Å²) >= 11 is 0. The molecular formula is C9H20ClNO3. The fourth-order valence-corrected chi connectivity index (χ4v) is 2.08. The first-order valence-corrected chi connectivity index (χ1v) is 4.60. The van der Waals surface area contributed by atoms with Gasteiger partial charge in [0.1, 0.15) is 0 Å². The zero-order valence-electron chi connectivity index (χ0n) is 8.29. The third-order valence-electron chi connectivity index (χ3n) is 2.87. The number of nitrogens with two attached hydrogens (primary N) is 1. The first-order chi connectivity index (χ1) is 5.68. The van der Waals surface area contributed by atoms with Crippen molar-refractivity contribution < 1.29 is 15.4 Å². The SMILES string of the molecule is Cl.NCC1(CC(=O)O)CCCCC1.O. The van der Waals surface area contributed by atoms with Crippen LogP contribution in [0.1, 0.15) is 38.5 Å². The molecule has 0 bridgehead atoms. The van der Waals surface area contributed by atoms with Crippen molar-refractivity contribution in [1.29, 1.82) is 0 Å². The van der Waals surface area contributed by atoms with Gasteiger partial charge < -0.3 is 16.3 Å². The van der Waals surface area contributed by atoms with Crippen molar-refractivity contribution in [2.24, 2.45) is 11.1 Å². The van der Waals surface area contributed by atoms with E-state index in [0.29, 0.717) is 6.54 Å². The van der Waals surface area contributed by atoms with Crippen LogP contribution in [-0.4, -0.2) is 23.1 Å². The van der Waals surface area contributed by atoms with E-state index in [-0.39, 0.29) is 29.7 Å². The second-order valence-corrected chi connectivity index (χ2v) is 3.84. The zero-order chi connectivity index (χ0) is 9.03. The van der Waals surface area contributed by atoms with E-state index in [1.807, 2.05) is 0 Å². The quantitative estimate of drug-likeness (QED) is 0.749. The third kappa shape index (κ3) is 4.26. The number of hydrogen-bond acceptors (Lipinski definition) is 2. The van der Waals surface area contributed by atoms with E-state index in [9.17, 15) is 4.79 Å². The van der Waals surface area contributed by atoms with Gasteiger partial charge in [0.25, 0.3) is 0 Å². The van der Waals surface area contributed by atoms with Crippen molar-refractivity contribution in [3.05, 3.63) is 0 Å². The Kier molecular flexibility index (Phi) is 8.10. The van der Waals surface area contributed by atoms with Crippen molar-refractivity contribution in [2.75, 3.05) is 6.54 Å². The molecule has 0 unspecified atom stereocenters. The molecule has 86 valence electrons. The molecule has 1 aliphatic carbocycles. The Hall–Kier alpha value is -0.320. The molecule has 0 aromatic heterocycles. The molecule has 4 nitrogen and oxygen atoms in total. The largest absolute Gasteiger partial charge is 0.481 e. The van der Waals surface area contributed by atoms with Gasteiger partial charge in [-0.05, 0) is 24.8 Å². The number of halogens is 1. The highest BCUT2D eigenvalue weighted by Gasteiger charge is 2.32. The van der Waals surface area contributed by atoms with Crippen LogP contribution in [0.15, 0.2) is 0 Å². The van der Waals surface area contributed by atoms with Crippen LogP contribution in [0.2, 0.25) is 0 Å². The first kappa shape index (κ1) is 16.1. The molecule has 0 radical (unpaired) electrons. The van der Waals surface area contributed by atoms with Gasteiger partial charge in [-0.25, -0.2) is 0 Å². The van der Waals surface area contributed by atoms with Crippen molar-refractivity contribution in [2.45, 2.75) is 38.5 Å². The van der Waals surface area contributed by atoms with Crippen molar-refractivity contribution in [3.63, 3.8) is 0 Å². The van der Waals surface area contributed by atoms with E-state index in [1.54, 1.807) is 0 Å². The van der Waals surface area contributed by atoms with Gasteiger partial charge in [-0.2, -0.15) is 0 Å². The summed E-state index contributed by atoms with van der Waals surface area (Å²) in [6, 6.07) is 0. The lowest BCUT2D eigenvalue weighted by atomic mass is 9.72. The second-order valence-electron chi connectivity index (χ2n) is 3.84. The Bertz CT molecular complexity index is 169. The van der Waals surface area contributed by atoms with Crippen LogP contribution in [0.3, 0.4) is 0 Å². The van der Waals surface area contributed by atoms with Crippen LogP contribution in [0, 0.1) is 5.41 Å². The van der Waals surface area contributed by atoms with Crippen LogP contribution < -0.4 is 5.73 Å². The van der Waals surface area contributed by atoms with E-state index >= 15 is 0 Å². The van der Waals surface area contributed by atoms with Gasteiger partial charge >= 0.3 is 5.97 Å². The molecule has 14 heavy (non-hydrogen) atoms. The minimum Gasteiger partial charge on any atom is -0.481 e. The van der Waals surface area contributed by atoms with E-state index in [0.717, 1.165) is 25.7 Å². The van der Waals surface area contributed by atoms with Gasteiger partial charge in [0.2, 0.25) is 0 Å². The van der Waals surface area contributed by atoms with Crippen LogP contribution in [-0.2, 0) is 4.79 Å². The maximum atomic E-state index is 10.6. The van der Waals surface area contributed by atoms with Crippen LogP contribution in [0.5, 0.6) is 0 Å². The smallest absolute Gasteiger partial charge is 0.303 e. The zero-order valence-corrected chi connectivity index (χ0v) is 9.11. The fraction of sp³-hybridized carbons (Fsp3) is 0.889. The number of rotatable bonds is 3. The molecular weight excluding hydrogens is 206 g/mol. The Morgan fingerprint density at radius 2 is 1.79 bits per heavy atom. The lowest BCUT2D eigenvalue weighted by molar-refractivity contribution is -0.140. The maximum Gasteiger partial charge on any atom is 0.303 e. The standard InChI is InChI=1S/C9H17NO2.ClH.H2O/c10-7-9(6-8(11)12)4-2-1-3-5-9;;/h1-7,10H2,(H,11,12);1H;1H2. The monoisotopic (exact) mass is 225 g/mol. The predicted octanol–water partition coefficient (Wildman–Crippen LogP) is 0.967. The topological polar surface area (TPSA) is 94.8 Å². The van der Waals surface area contributed by atoms with Gasteiger partial charge in [0.15, 0.2) is 0 Å². The number of carboxylic acids is 1. The lowest BCUT2D eigenvalue weighted by Crippen LogP contribution is -2.34. The second kappa shape index (κ2) is 7.04.